The van der Waals surface area contributed by atoms with E-state index in [1.165, 1.54) is 5.56 Å². The first-order chi connectivity index (χ1) is 8.19. The van der Waals surface area contributed by atoms with Gasteiger partial charge < -0.3 is 5.73 Å². The van der Waals surface area contributed by atoms with Crippen LogP contribution in [-0.4, -0.2) is 19.7 Å². The molecule has 0 aromatic carbocycles. The van der Waals surface area contributed by atoms with Gasteiger partial charge >= 0.3 is 0 Å². The Bertz CT molecular complexity index is 530. The fraction of sp³-hybridized carbons (Fsp3) is 0.417. The number of hydrogen-bond donors (Lipinski definition) is 1. The molecule has 5 nitrogen and oxygen atoms in total. The molecular weight excluding hydrogens is 214 g/mol. The van der Waals surface area contributed by atoms with Crippen LogP contribution in [0, 0.1) is 13.8 Å². The number of rotatable bonds is 3. The van der Waals surface area contributed by atoms with Gasteiger partial charge in [0.05, 0.1) is 11.4 Å². The molecule has 0 atom stereocenters. The molecule has 0 amide bonds. The molecule has 0 radical (unpaired) electrons. The summed E-state index contributed by atoms with van der Waals surface area (Å²) in [5.41, 5.74) is 9.85. The summed E-state index contributed by atoms with van der Waals surface area (Å²) in [6, 6.07) is 0. The Morgan fingerprint density at radius 3 is 2.53 bits per heavy atom. The van der Waals surface area contributed by atoms with Crippen molar-refractivity contribution in [3.63, 3.8) is 0 Å². The summed E-state index contributed by atoms with van der Waals surface area (Å²) in [7, 11) is 0. The molecule has 90 valence electrons. The fourth-order valence-corrected chi connectivity index (χ4v) is 2.07. The highest BCUT2D eigenvalue weighted by molar-refractivity contribution is 5.34. The SMILES string of the molecule is CCc1c(C)nn(-c2nccnc2CN)c1C. The van der Waals surface area contributed by atoms with E-state index >= 15 is 0 Å². The highest BCUT2D eigenvalue weighted by atomic mass is 15.3. The van der Waals surface area contributed by atoms with Crippen molar-refractivity contribution >= 4 is 0 Å². The van der Waals surface area contributed by atoms with Crippen molar-refractivity contribution in [1.29, 1.82) is 0 Å². The monoisotopic (exact) mass is 231 g/mol. The van der Waals surface area contributed by atoms with Gasteiger partial charge in [0.25, 0.3) is 0 Å². The van der Waals surface area contributed by atoms with E-state index in [0.29, 0.717) is 6.54 Å². The van der Waals surface area contributed by atoms with Crippen molar-refractivity contribution in [3.05, 3.63) is 35.0 Å². The zero-order valence-electron chi connectivity index (χ0n) is 10.4. The quantitative estimate of drug-likeness (QED) is 0.864. The summed E-state index contributed by atoms with van der Waals surface area (Å²) in [4.78, 5) is 8.56. The van der Waals surface area contributed by atoms with Crippen LogP contribution in [0.25, 0.3) is 5.82 Å². The third-order valence-electron chi connectivity index (χ3n) is 2.94. The van der Waals surface area contributed by atoms with E-state index < -0.39 is 0 Å². The smallest absolute Gasteiger partial charge is 0.176 e. The van der Waals surface area contributed by atoms with Gasteiger partial charge in [0.1, 0.15) is 0 Å². The molecule has 2 heterocycles. The van der Waals surface area contributed by atoms with Crippen LogP contribution >= 0.6 is 0 Å². The van der Waals surface area contributed by atoms with E-state index in [9.17, 15) is 0 Å². The summed E-state index contributed by atoms with van der Waals surface area (Å²) in [5, 5.41) is 4.52. The Morgan fingerprint density at radius 1 is 1.24 bits per heavy atom. The maximum Gasteiger partial charge on any atom is 0.176 e. The van der Waals surface area contributed by atoms with Crippen LogP contribution in [-0.2, 0) is 13.0 Å². The highest BCUT2D eigenvalue weighted by Crippen LogP contribution is 2.18. The maximum atomic E-state index is 5.67. The van der Waals surface area contributed by atoms with E-state index in [-0.39, 0.29) is 0 Å². The Labute approximate surface area is 101 Å². The second kappa shape index (κ2) is 4.63. The predicted octanol–water partition coefficient (Wildman–Crippen LogP) is 1.30. The summed E-state index contributed by atoms with van der Waals surface area (Å²) in [5.74, 6) is 0.732. The molecule has 2 rings (SSSR count). The lowest BCUT2D eigenvalue weighted by Crippen LogP contribution is -2.11. The molecule has 17 heavy (non-hydrogen) atoms. The van der Waals surface area contributed by atoms with Gasteiger partial charge in [-0.2, -0.15) is 5.10 Å². The lowest BCUT2D eigenvalue weighted by Gasteiger charge is -2.07. The van der Waals surface area contributed by atoms with Crippen LogP contribution in [0.4, 0.5) is 0 Å². The van der Waals surface area contributed by atoms with Gasteiger partial charge in [0, 0.05) is 24.6 Å². The second-order valence-corrected chi connectivity index (χ2v) is 3.95. The van der Waals surface area contributed by atoms with E-state index in [4.69, 9.17) is 5.73 Å². The van der Waals surface area contributed by atoms with Crippen molar-refractivity contribution in [2.75, 3.05) is 0 Å². The Hall–Kier alpha value is -1.75. The summed E-state index contributed by atoms with van der Waals surface area (Å²) in [6.07, 6.45) is 4.28. The average Bonchev–Trinajstić information content (AvgIpc) is 2.64. The third kappa shape index (κ3) is 1.93. The topological polar surface area (TPSA) is 69.6 Å². The first kappa shape index (κ1) is 11.7. The third-order valence-corrected chi connectivity index (χ3v) is 2.94. The van der Waals surface area contributed by atoms with Crippen LogP contribution in [0.3, 0.4) is 0 Å². The van der Waals surface area contributed by atoms with E-state index in [0.717, 1.165) is 29.3 Å². The Morgan fingerprint density at radius 2 is 1.94 bits per heavy atom. The van der Waals surface area contributed by atoms with Crippen molar-refractivity contribution in [1.82, 2.24) is 19.7 Å². The molecule has 0 aliphatic carbocycles. The Balaban J connectivity index is 2.61. The first-order valence-corrected chi connectivity index (χ1v) is 5.74. The van der Waals surface area contributed by atoms with Crippen molar-refractivity contribution < 1.29 is 0 Å². The Kier molecular flexibility index (Phi) is 3.19. The molecular formula is C12H17N5. The predicted molar refractivity (Wildman–Crippen MR) is 65.9 cm³/mol. The number of hydrogen-bond acceptors (Lipinski definition) is 4. The van der Waals surface area contributed by atoms with Gasteiger partial charge in [-0.25, -0.2) is 9.67 Å². The molecule has 2 N–H and O–H groups in total. The van der Waals surface area contributed by atoms with E-state index in [1.807, 2.05) is 18.5 Å². The second-order valence-electron chi connectivity index (χ2n) is 3.95. The molecule has 0 spiro atoms. The molecule has 2 aromatic heterocycles. The zero-order valence-corrected chi connectivity index (χ0v) is 10.4. The zero-order chi connectivity index (χ0) is 12.4. The van der Waals surface area contributed by atoms with Crippen molar-refractivity contribution in [3.8, 4) is 5.82 Å². The number of nitrogens with two attached hydrogens (primary N) is 1. The van der Waals surface area contributed by atoms with Gasteiger partial charge in [0.15, 0.2) is 5.82 Å². The normalized spacial score (nSPS) is 10.8. The minimum atomic E-state index is 0.364. The van der Waals surface area contributed by atoms with Gasteiger partial charge in [0.2, 0.25) is 0 Å². The molecule has 0 bridgehead atoms. The van der Waals surface area contributed by atoms with Crippen LogP contribution < -0.4 is 5.73 Å². The van der Waals surface area contributed by atoms with Crippen molar-refractivity contribution in [2.45, 2.75) is 33.7 Å². The number of nitrogens with zero attached hydrogens (tertiary/aromatic N) is 4. The van der Waals surface area contributed by atoms with Crippen molar-refractivity contribution in [2.24, 2.45) is 5.73 Å². The molecule has 0 saturated carbocycles. The number of aromatic nitrogens is 4. The molecule has 0 aliphatic heterocycles. The maximum absolute atomic E-state index is 5.67. The van der Waals surface area contributed by atoms with Gasteiger partial charge in [-0.15, -0.1) is 0 Å². The van der Waals surface area contributed by atoms with E-state index in [2.05, 4.69) is 22.0 Å². The van der Waals surface area contributed by atoms with Gasteiger partial charge in [-0.05, 0) is 25.8 Å². The molecule has 2 aromatic rings. The summed E-state index contributed by atoms with van der Waals surface area (Å²) in [6.45, 7) is 6.56. The lowest BCUT2D eigenvalue weighted by molar-refractivity contribution is 0.772. The van der Waals surface area contributed by atoms with Crippen LogP contribution in [0.1, 0.15) is 29.6 Å². The highest BCUT2D eigenvalue weighted by Gasteiger charge is 2.14. The lowest BCUT2D eigenvalue weighted by atomic mass is 10.1. The van der Waals surface area contributed by atoms with E-state index in [1.54, 1.807) is 12.4 Å². The standard InChI is InChI=1S/C12H17N5/c1-4-10-8(2)16-17(9(10)3)12-11(7-13)14-5-6-15-12/h5-6H,4,7,13H2,1-3H3. The largest absolute Gasteiger partial charge is 0.325 e. The average molecular weight is 231 g/mol. The minimum absolute atomic E-state index is 0.364. The summed E-state index contributed by atoms with van der Waals surface area (Å²) >= 11 is 0. The minimum Gasteiger partial charge on any atom is -0.325 e. The van der Waals surface area contributed by atoms with Gasteiger partial charge in [-0.1, -0.05) is 6.92 Å². The molecule has 0 saturated heterocycles. The fourth-order valence-electron chi connectivity index (χ4n) is 2.07. The van der Waals surface area contributed by atoms with Crippen LogP contribution in [0.2, 0.25) is 0 Å². The molecule has 0 unspecified atom stereocenters. The first-order valence-electron chi connectivity index (χ1n) is 5.74. The summed E-state index contributed by atoms with van der Waals surface area (Å²) < 4.78 is 1.84. The molecule has 0 fully saturated rings. The number of aryl methyl sites for hydroxylation is 1. The molecule has 5 heteroatoms. The molecule has 0 aliphatic rings. The van der Waals surface area contributed by atoms with Gasteiger partial charge in [-0.3, -0.25) is 4.98 Å². The van der Waals surface area contributed by atoms with Crippen LogP contribution in [0.15, 0.2) is 12.4 Å². The van der Waals surface area contributed by atoms with Crippen LogP contribution in [0.5, 0.6) is 0 Å².